The molecule has 0 saturated heterocycles. The van der Waals surface area contributed by atoms with Crippen LogP contribution in [-0.2, 0) is 17.6 Å². The van der Waals surface area contributed by atoms with Crippen LogP contribution in [0, 0.1) is 0 Å². The summed E-state index contributed by atoms with van der Waals surface area (Å²) in [7, 11) is 3.73. The zero-order chi connectivity index (χ0) is 19.9. The molecule has 29 heavy (non-hydrogen) atoms. The van der Waals surface area contributed by atoms with Gasteiger partial charge in [-0.25, -0.2) is 0 Å². The van der Waals surface area contributed by atoms with Gasteiger partial charge in [-0.3, -0.25) is 9.78 Å². The first-order chi connectivity index (χ1) is 14.3. The van der Waals surface area contributed by atoms with Crippen LogP contribution in [0.2, 0.25) is 0 Å². The molecule has 0 fully saturated rings. The van der Waals surface area contributed by atoms with Crippen molar-refractivity contribution in [2.24, 2.45) is 0 Å². The fraction of sp³-hybridized carbons (Fsp3) is 0.478. The van der Waals surface area contributed by atoms with Gasteiger partial charge < -0.3 is 10.6 Å². The lowest BCUT2D eigenvalue weighted by Gasteiger charge is -2.21. The van der Waals surface area contributed by atoms with Crippen LogP contribution >= 0.6 is 21.6 Å². The number of aryl methyl sites for hydroxylation is 1. The van der Waals surface area contributed by atoms with Crippen molar-refractivity contribution < 1.29 is 4.79 Å². The van der Waals surface area contributed by atoms with Crippen molar-refractivity contribution >= 4 is 44.1 Å². The number of para-hydroxylation sites is 1. The van der Waals surface area contributed by atoms with E-state index in [1.54, 1.807) is 0 Å². The van der Waals surface area contributed by atoms with E-state index in [4.69, 9.17) is 4.98 Å². The lowest BCUT2D eigenvalue weighted by molar-refractivity contribution is -0.121. The first-order valence-corrected chi connectivity index (χ1v) is 13.0. The Morgan fingerprint density at radius 3 is 2.93 bits per heavy atom. The minimum absolute atomic E-state index is 0.164. The minimum atomic E-state index is 0.164. The number of carbonyl (C=O) groups excluding carboxylic acids is 1. The van der Waals surface area contributed by atoms with Crippen molar-refractivity contribution in [1.82, 2.24) is 10.3 Å². The van der Waals surface area contributed by atoms with E-state index >= 15 is 0 Å². The lowest BCUT2D eigenvalue weighted by Crippen LogP contribution is -2.29. The second-order valence-corrected chi connectivity index (χ2v) is 10.1. The number of nitrogens with zero attached hydrogens (tertiary/aromatic N) is 1. The highest BCUT2D eigenvalue weighted by Gasteiger charge is 2.17. The smallest absolute Gasteiger partial charge is 0.220 e. The molecular formula is C23H29N3OS2. The van der Waals surface area contributed by atoms with E-state index in [1.807, 2.05) is 21.6 Å². The van der Waals surface area contributed by atoms with Crippen LogP contribution in [0.1, 0.15) is 49.8 Å². The second-order valence-electron chi connectivity index (χ2n) is 7.72. The summed E-state index contributed by atoms with van der Waals surface area (Å²) in [6.07, 6.45) is 10.8. The normalized spacial score (nSPS) is 18.0. The van der Waals surface area contributed by atoms with Crippen LogP contribution in [0.4, 0.5) is 5.69 Å². The molecule has 1 aromatic carbocycles. The number of pyridine rings is 1. The lowest BCUT2D eigenvalue weighted by atomic mass is 9.92. The summed E-state index contributed by atoms with van der Waals surface area (Å²) < 4.78 is 0. The van der Waals surface area contributed by atoms with E-state index < -0.39 is 0 Å². The quantitative estimate of drug-likeness (QED) is 0.410. The largest absolute Gasteiger partial charge is 0.382 e. The van der Waals surface area contributed by atoms with Crippen molar-refractivity contribution in [3.63, 3.8) is 0 Å². The molecule has 1 atom stereocenters. The van der Waals surface area contributed by atoms with Crippen molar-refractivity contribution in [2.45, 2.75) is 56.6 Å². The molecule has 4 rings (SSSR count). The van der Waals surface area contributed by atoms with E-state index in [-0.39, 0.29) is 5.91 Å². The molecule has 4 nitrogen and oxygen atoms in total. The third kappa shape index (κ3) is 5.48. The topological polar surface area (TPSA) is 54.0 Å². The zero-order valence-electron chi connectivity index (χ0n) is 16.8. The van der Waals surface area contributed by atoms with Gasteiger partial charge in [0.25, 0.3) is 0 Å². The van der Waals surface area contributed by atoms with Crippen LogP contribution in [-0.4, -0.2) is 29.2 Å². The van der Waals surface area contributed by atoms with Gasteiger partial charge in [-0.1, -0.05) is 52.3 Å². The Morgan fingerprint density at radius 2 is 2.03 bits per heavy atom. The minimum Gasteiger partial charge on any atom is -0.382 e. The molecule has 2 heterocycles. The number of amides is 1. The van der Waals surface area contributed by atoms with Crippen molar-refractivity contribution in [2.75, 3.05) is 18.4 Å². The number of nitrogens with one attached hydrogen (secondary N) is 2. The van der Waals surface area contributed by atoms with Gasteiger partial charge in [0.1, 0.15) is 0 Å². The van der Waals surface area contributed by atoms with Crippen LogP contribution in [0.25, 0.3) is 10.9 Å². The Morgan fingerprint density at radius 1 is 1.14 bits per heavy atom. The number of benzene rings is 1. The molecule has 1 aliphatic carbocycles. The summed E-state index contributed by atoms with van der Waals surface area (Å²) >= 11 is 0. The Balaban J connectivity index is 1.24. The maximum Gasteiger partial charge on any atom is 0.220 e. The van der Waals surface area contributed by atoms with Gasteiger partial charge in [0.15, 0.2) is 0 Å². The van der Waals surface area contributed by atoms with Gasteiger partial charge in [-0.2, -0.15) is 0 Å². The summed E-state index contributed by atoms with van der Waals surface area (Å²) in [5, 5.41) is 10.7. The Kier molecular flexibility index (Phi) is 7.39. The monoisotopic (exact) mass is 427 g/mol. The van der Waals surface area contributed by atoms with Crippen LogP contribution in [0.5, 0.6) is 0 Å². The fourth-order valence-corrected chi connectivity index (χ4v) is 6.34. The Labute approximate surface area is 181 Å². The first kappa shape index (κ1) is 20.6. The highest BCUT2D eigenvalue weighted by Crippen LogP contribution is 2.37. The number of unbranched alkanes of at least 4 members (excludes halogenated alkanes) is 1. The van der Waals surface area contributed by atoms with E-state index in [0.717, 1.165) is 37.7 Å². The van der Waals surface area contributed by atoms with Crippen molar-refractivity contribution in [1.29, 1.82) is 0 Å². The summed E-state index contributed by atoms with van der Waals surface area (Å²) in [4.78, 5) is 17.0. The molecule has 0 spiro atoms. The molecule has 154 valence electrons. The molecule has 1 aromatic heterocycles. The first-order valence-electron chi connectivity index (χ1n) is 10.7. The number of rotatable bonds is 9. The number of carbonyl (C=O) groups is 1. The van der Waals surface area contributed by atoms with Gasteiger partial charge in [0.05, 0.1) is 5.52 Å². The van der Waals surface area contributed by atoms with Crippen LogP contribution in [0.15, 0.2) is 35.7 Å². The average molecular weight is 428 g/mol. The molecular weight excluding hydrogens is 398 g/mol. The molecule has 6 heteroatoms. The predicted molar refractivity (Wildman–Crippen MR) is 126 cm³/mol. The second kappa shape index (κ2) is 10.4. The van der Waals surface area contributed by atoms with Gasteiger partial charge in [0, 0.05) is 41.5 Å². The molecule has 1 unspecified atom stereocenters. The van der Waals surface area contributed by atoms with Gasteiger partial charge in [-0.15, -0.1) is 0 Å². The standard InChI is InChI=1S/C23H29N3OS2/c27-22(12-6-1-7-17-13-16-28-29-17)24-14-15-25-23-18-8-2-4-10-20(18)26-21-11-5-3-9-19(21)23/h2,4,8,10,13,16-17H,1,3,5-7,9,11-12,14-15H2,(H,24,27)(H,25,26). The summed E-state index contributed by atoms with van der Waals surface area (Å²) in [5.41, 5.74) is 4.90. The number of fused-ring (bicyclic) bond motifs is 2. The molecule has 2 aliphatic rings. The van der Waals surface area contributed by atoms with E-state index in [2.05, 4.69) is 46.4 Å². The highest BCUT2D eigenvalue weighted by molar-refractivity contribution is 8.78. The SMILES string of the molecule is O=C(CCCCC1C=CSS1)NCCNc1c2c(nc3ccccc13)CCCC2. The number of anilines is 1. The van der Waals surface area contributed by atoms with Crippen molar-refractivity contribution in [3.8, 4) is 0 Å². The third-order valence-electron chi connectivity index (χ3n) is 5.59. The summed E-state index contributed by atoms with van der Waals surface area (Å²) in [6, 6.07) is 8.37. The molecule has 0 saturated carbocycles. The summed E-state index contributed by atoms with van der Waals surface area (Å²) in [6.45, 7) is 1.40. The molecule has 2 aromatic rings. The predicted octanol–water partition coefficient (Wildman–Crippen LogP) is 5.48. The highest BCUT2D eigenvalue weighted by atomic mass is 33.1. The summed E-state index contributed by atoms with van der Waals surface area (Å²) in [5.74, 6) is 0.164. The van der Waals surface area contributed by atoms with Gasteiger partial charge in [-0.05, 0) is 55.6 Å². The Hall–Kier alpha value is -1.66. The molecule has 0 bridgehead atoms. The average Bonchev–Trinajstić information content (AvgIpc) is 3.27. The zero-order valence-corrected chi connectivity index (χ0v) is 18.4. The number of hydrogen-bond acceptors (Lipinski definition) is 5. The third-order valence-corrected chi connectivity index (χ3v) is 8.02. The van der Waals surface area contributed by atoms with Gasteiger partial charge in [0.2, 0.25) is 5.91 Å². The van der Waals surface area contributed by atoms with Gasteiger partial charge >= 0.3 is 0 Å². The Bertz CT molecular complexity index is 884. The molecule has 0 radical (unpaired) electrons. The van der Waals surface area contributed by atoms with E-state index in [0.29, 0.717) is 18.2 Å². The molecule has 2 N–H and O–H groups in total. The van der Waals surface area contributed by atoms with E-state index in [1.165, 1.54) is 41.6 Å². The fourth-order valence-electron chi connectivity index (χ4n) is 4.08. The van der Waals surface area contributed by atoms with Crippen molar-refractivity contribution in [3.05, 3.63) is 47.0 Å². The number of hydrogen-bond donors (Lipinski definition) is 2. The molecule has 1 aliphatic heterocycles. The molecule has 1 amide bonds. The maximum absolute atomic E-state index is 12.1. The van der Waals surface area contributed by atoms with Crippen LogP contribution < -0.4 is 10.6 Å². The van der Waals surface area contributed by atoms with Crippen LogP contribution in [0.3, 0.4) is 0 Å². The number of aromatic nitrogens is 1. The maximum atomic E-state index is 12.1. The van der Waals surface area contributed by atoms with E-state index in [9.17, 15) is 4.79 Å².